The molecule has 1 amide bonds. The molecule has 0 aliphatic carbocycles. The largest absolute Gasteiger partial charge is 0.456 e. The highest BCUT2D eigenvalue weighted by atomic mass is 19.4. The molecule has 0 aliphatic heterocycles. The van der Waals surface area contributed by atoms with Gasteiger partial charge in [0, 0.05) is 6.54 Å². The summed E-state index contributed by atoms with van der Waals surface area (Å²) in [6.45, 7) is 2.04. The molecule has 1 aromatic rings. The lowest BCUT2D eigenvalue weighted by Crippen LogP contribution is -2.28. The van der Waals surface area contributed by atoms with Crippen molar-refractivity contribution < 1.29 is 22.8 Å². The smallest absolute Gasteiger partial charge is 0.355 e. The van der Waals surface area contributed by atoms with Gasteiger partial charge in [-0.2, -0.15) is 13.2 Å². The number of hydrogen-bond acceptors (Lipinski definition) is 4. The zero-order valence-electron chi connectivity index (χ0n) is 9.49. The van der Waals surface area contributed by atoms with Gasteiger partial charge in [-0.15, -0.1) is 5.10 Å². The first-order chi connectivity index (χ1) is 8.34. The number of amides is 1. The van der Waals surface area contributed by atoms with E-state index < -0.39 is 23.6 Å². The number of aromatic nitrogens is 3. The molecule has 100 valence electrons. The molecule has 1 aromatic heterocycles. The molecule has 0 bridgehead atoms. The zero-order valence-corrected chi connectivity index (χ0v) is 9.49. The summed E-state index contributed by atoms with van der Waals surface area (Å²) in [4.78, 5) is 22.0. The van der Waals surface area contributed by atoms with E-state index in [1.165, 1.54) is 0 Å². The number of carbonyl (C=O) groups is 2. The molecule has 0 saturated carbocycles. The number of alkyl halides is 3. The minimum Gasteiger partial charge on any atom is -0.355 e. The minimum absolute atomic E-state index is 0.280. The van der Waals surface area contributed by atoms with E-state index in [1.807, 2.05) is 6.92 Å². The Hall–Kier alpha value is -1.93. The lowest BCUT2D eigenvalue weighted by molar-refractivity contribution is -0.121. The second-order valence-electron chi connectivity index (χ2n) is 3.48. The fourth-order valence-electron chi connectivity index (χ4n) is 1.09. The van der Waals surface area contributed by atoms with Crippen LogP contribution in [0.25, 0.3) is 0 Å². The first-order valence-corrected chi connectivity index (χ1v) is 5.13. The quantitative estimate of drug-likeness (QED) is 0.788. The Kier molecular flexibility index (Phi) is 4.40. The van der Waals surface area contributed by atoms with Gasteiger partial charge in [-0.25, -0.2) is 4.68 Å². The summed E-state index contributed by atoms with van der Waals surface area (Å²) >= 11 is 0. The second-order valence-corrected chi connectivity index (χ2v) is 3.48. The predicted molar refractivity (Wildman–Crippen MR) is 53.7 cm³/mol. The third-order valence-electron chi connectivity index (χ3n) is 1.91. The summed E-state index contributed by atoms with van der Waals surface area (Å²) in [5.74, 6) is -2.49. The van der Waals surface area contributed by atoms with Gasteiger partial charge in [0.15, 0.2) is 5.69 Å². The van der Waals surface area contributed by atoms with Gasteiger partial charge in [-0.05, 0) is 6.42 Å². The normalized spacial score (nSPS) is 11.3. The Labute approximate surface area is 100 Å². The molecule has 1 rings (SSSR count). The van der Waals surface area contributed by atoms with Gasteiger partial charge >= 0.3 is 6.18 Å². The Morgan fingerprint density at radius 2 is 2.11 bits per heavy atom. The van der Waals surface area contributed by atoms with E-state index >= 15 is 0 Å². The van der Waals surface area contributed by atoms with Crippen molar-refractivity contribution in [2.45, 2.75) is 26.1 Å². The van der Waals surface area contributed by atoms with Crippen molar-refractivity contribution in [2.24, 2.45) is 0 Å². The average Bonchev–Trinajstić information content (AvgIpc) is 2.72. The Balaban J connectivity index is 2.64. The number of hydrogen-bond donors (Lipinski definition) is 1. The number of Topliss-reactive ketones (excluding diaryl/α,β-unsaturated/α-hetero) is 1. The minimum atomic E-state index is -4.99. The maximum Gasteiger partial charge on any atom is 0.456 e. The van der Waals surface area contributed by atoms with Crippen molar-refractivity contribution in [1.29, 1.82) is 0 Å². The Morgan fingerprint density at radius 1 is 1.44 bits per heavy atom. The summed E-state index contributed by atoms with van der Waals surface area (Å²) in [5.41, 5.74) is -0.828. The van der Waals surface area contributed by atoms with E-state index in [-0.39, 0.29) is 6.54 Å². The maximum atomic E-state index is 12.1. The van der Waals surface area contributed by atoms with Gasteiger partial charge in [0.1, 0.15) is 6.54 Å². The van der Waals surface area contributed by atoms with Crippen molar-refractivity contribution in [2.75, 3.05) is 6.54 Å². The van der Waals surface area contributed by atoms with E-state index in [0.717, 1.165) is 17.3 Å². The number of rotatable bonds is 5. The molecule has 0 spiro atoms. The van der Waals surface area contributed by atoms with E-state index in [0.29, 0.717) is 6.54 Å². The van der Waals surface area contributed by atoms with Gasteiger partial charge < -0.3 is 5.32 Å². The third kappa shape index (κ3) is 3.82. The van der Waals surface area contributed by atoms with Gasteiger partial charge in [0.25, 0.3) is 5.78 Å². The first-order valence-electron chi connectivity index (χ1n) is 5.13. The highest BCUT2D eigenvalue weighted by molar-refractivity contribution is 5.98. The van der Waals surface area contributed by atoms with Gasteiger partial charge in [-0.3, -0.25) is 9.59 Å². The first kappa shape index (κ1) is 14.1. The highest BCUT2D eigenvalue weighted by Gasteiger charge is 2.41. The molecule has 0 fully saturated rings. The van der Waals surface area contributed by atoms with Crippen LogP contribution in [-0.2, 0) is 11.3 Å². The van der Waals surface area contributed by atoms with Crippen LogP contribution in [0.2, 0.25) is 0 Å². The van der Waals surface area contributed by atoms with Crippen molar-refractivity contribution >= 4 is 11.7 Å². The SMILES string of the molecule is CCCNC(=O)Cn1cc(C(=O)C(F)(F)F)nn1. The number of nitrogens with one attached hydrogen (secondary N) is 1. The van der Waals surface area contributed by atoms with Crippen LogP contribution in [0.4, 0.5) is 13.2 Å². The summed E-state index contributed by atoms with van der Waals surface area (Å²) in [7, 11) is 0. The zero-order chi connectivity index (χ0) is 13.8. The second kappa shape index (κ2) is 5.61. The molecule has 1 heterocycles. The number of ketones is 1. The monoisotopic (exact) mass is 264 g/mol. The molecule has 1 N–H and O–H groups in total. The molecule has 6 nitrogen and oxygen atoms in total. The average molecular weight is 264 g/mol. The third-order valence-corrected chi connectivity index (χ3v) is 1.91. The molecule has 18 heavy (non-hydrogen) atoms. The van der Waals surface area contributed by atoms with Crippen molar-refractivity contribution in [3.8, 4) is 0 Å². The molecule has 0 aliphatic rings. The van der Waals surface area contributed by atoms with Crippen LogP contribution in [0.5, 0.6) is 0 Å². The molecular formula is C9H11F3N4O2. The lowest BCUT2D eigenvalue weighted by atomic mass is 10.3. The van der Waals surface area contributed by atoms with Crippen LogP contribution in [0.1, 0.15) is 23.8 Å². The number of carbonyl (C=O) groups excluding carboxylic acids is 2. The number of halogens is 3. The molecule has 0 unspecified atom stereocenters. The van der Waals surface area contributed by atoms with Crippen LogP contribution in [-0.4, -0.2) is 39.4 Å². The van der Waals surface area contributed by atoms with E-state index in [4.69, 9.17) is 0 Å². The summed E-state index contributed by atoms with van der Waals surface area (Å²) in [5, 5.41) is 8.88. The van der Waals surface area contributed by atoms with Crippen LogP contribution >= 0.6 is 0 Å². The summed E-state index contributed by atoms with van der Waals surface area (Å²) < 4.78 is 37.1. The van der Waals surface area contributed by atoms with E-state index in [2.05, 4.69) is 15.6 Å². The summed E-state index contributed by atoms with van der Waals surface area (Å²) in [6, 6.07) is 0. The van der Waals surface area contributed by atoms with Crippen molar-refractivity contribution in [3.05, 3.63) is 11.9 Å². The molecular weight excluding hydrogens is 253 g/mol. The molecule has 0 radical (unpaired) electrons. The Bertz CT molecular complexity index is 441. The standard InChI is InChI=1S/C9H11F3N4O2/c1-2-3-13-7(17)5-16-4-6(14-15-16)8(18)9(10,11)12/h4H,2-3,5H2,1H3,(H,13,17). The van der Waals surface area contributed by atoms with Crippen LogP contribution in [0.15, 0.2) is 6.20 Å². The van der Waals surface area contributed by atoms with Gasteiger partial charge in [0.2, 0.25) is 5.91 Å². The van der Waals surface area contributed by atoms with Crippen molar-refractivity contribution in [3.63, 3.8) is 0 Å². The maximum absolute atomic E-state index is 12.1. The van der Waals surface area contributed by atoms with Crippen LogP contribution < -0.4 is 5.32 Å². The summed E-state index contributed by atoms with van der Waals surface area (Å²) in [6.07, 6.45) is -3.46. The molecule has 0 aromatic carbocycles. The van der Waals surface area contributed by atoms with Crippen LogP contribution in [0.3, 0.4) is 0 Å². The lowest BCUT2D eigenvalue weighted by Gasteiger charge is -2.02. The molecule has 0 atom stereocenters. The fourth-order valence-corrected chi connectivity index (χ4v) is 1.09. The van der Waals surface area contributed by atoms with E-state index in [9.17, 15) is 22.8 Å². The van der Waals surface area contributed by atoms with Gasteiger partial charge in [0.05, 0.1) is 6.20 Å². The number of nitrogens with zero attached hydrogens (tertiary/aromatic N) is 3. The molecule has 0 saturated heterocycles. The van der Waals surface area contributed by atoms with Crippen LogP contribution in [0, 0.1) is 0 Å². The Morgan fingerprint density at radius 3 is 2.67 bits per heavy atom. The molecule has 9 heteroatoms. The van der Waals surface area contributed by atoms with Crippen molar-refractivity contribution in [1.82, 2.24) is 20.3 Å². The van der Waals surface area contributed by atoms with E-state index in [1.54, 1.807) is 0 Å². The predicted octanol–water partition coefficient (Wildman–Crippen LogP) is 0.549. The van der Waals surface area contributed by atoms with Gasteiger partial charge in [-0.1, -0.05) is 12.1 Å². The highest BCUT2D eigenvalue weighted by Crippen LogP contribution is 2.19. The topological polar surface area (TPSA) is 76.9 Å². The fraction of sp³-hybridized carbons (Fsp3) is 0.556.